The Balaban J connectivity index is 2.37. The zero-order chi connectivity index (χ0) is 14.0. The van der Waals surface area contributed by atoms with Crippen LogP contribution in [0.3, 0.4) is 0 Å². The average molecular weight is 347 g/mol. The molecule has 0 aliphatic carbocycles. The van der Waals surface area contributed by atoms with Gasteiger partial charge in [0.05, 0.1) is 4.83 Å². The van der Waals surface area contributed by atoms with Crippen LogP contribution in [0, 0.1) is 17.5 Å². The summed E-state index contributed by atoms with van der Waals surface area (Å²) < 4.78 is 39.8. The first kappa shape index (κ1) is 14.5. The van der Waals surface area contributed by atoms with Gasteiger partial charge in [0, 0.05) is 16.5 Å². The predicted molar refractivity (Wildman–Crippen MR) is 75.3 cm³/mol. The molecule has 100 valence electrons. The number of alkyl halides is 1. The molecule has 0 bridgehead atoms. The summed E-state index contributed by atoms with van der Waals surface area (Å²) in [5.41, 5.74) is 0.860. The van der Waals surface area contributed by atoms with E-state index in [0.717, 1.165) is 16.5 Å². The van der Waals surface area contributed by atoms with Gasteiger partial charge < -0.3 is 0 Å². The quantitative estimate of drug-likeness (QED) is 0.412. The molecular formula is C14H10BrF3S. The van der Waals surface area contributed by atoms with Gasteiger partial charge in [-0.05, 0) is 30.0 Å². The fraction of sp³-hybridized carbons (Fsp3) is 0.143. The van der Waals surface area contributed by atoms with Crippen molar-refractivity contribution in [1.29, 1.82) is 0 Å². The average Bonchev–Trinajstić information content (AvgIpc) is 2.42. The van der Waals surface area contributed by atoms with E-state index < -0.39 is 22.3 Å². The van der Waals surface area contributed by atoms with Gasteiger partial charge in [-0.1, -0.05) is 28.1 Å². The molecule has 5 heteroatoms. The third-order valence-corrected chi connectivity index (χ3v) is 4.49. The number of halogens is 4. The molecule has 1 unspecified atom stereocenters. The number of hydrogen-bond acceptors (Lipinski definition) is 1. The fourth-order valence-corrected chi connectivity index (χ4v) is 2.75. The lowest BCUT2D eigenvalue weighted by Gasteiger charge is -2.12. The van der Waals surface area contributed by atoms with Gasteiger partial charge in [-0.15, -0.1) is 11.8 Å². The minimum absolute atomic E-state index is 0.0794. The molecule has 0 aromatic heterocycles. The second kappa shape index (κ2) is 6.01. The lowest BCUT2D eigenvalue weighted by molar-refractivity contribution is 0.491. The number of hydrogen-bond donors (Lipinski definition) is 0. The van der Waals surface area contributed by atoms with Crippen molar-refractivity contribution in [3.05, 3.63) is 65.0 Å². The van der Waals surface area contributed by atoms with Crippen LogP contribution in [0.1, 0.15) is 16.0 Å². The lowest BCUT2D eigenvalue weighted by Crippen LogP contribution is -1.99. The van der Waals surface area contributed by atoms with Crippen LogP contribution in [0.5, 0.6) is 0 Å². The summed E-state index contributed by atoms with van der Waals surface area (Å²) in [5, 5.41) is 0. The van der Waals surface area contributed by atoms with E-state index in [9.17, 15) is 13.2 Å². The monoisotopic (exact) mass is 346 g/mol. The molecule has 0 amide bonds. The molecule has 19 heavy (non-hydrogen) atoms. The molecule has 0 heterocycles. The van der Waals surface area contributed by atoms with Crippen molar-refractivity contribution in [1.82, 2.24) is 0 Å². The van der Waals surface area contributed by atoms with E-state index in [1.807, 2.05) is 30.5 Å². The van der Waals surface area contributed by atoms with Crippen molar-refractivity contribution >= 4 is 27.7 Å². The van der Waals surface area contributed by atoms with Crippen LogP contribution in [0.2, 0.25) is 0 Å². The molecule has 0 aliphatic heterocycles. The molecule has 2 rings (SSSR count). The van der Waals surface area contributed by atoms with E-state index in [4.69, 9.17) is 0 Å². The summed E-state index contributed by atoms with van der Waals surface area (Å²) in [5.74, 6) is -3.00. The van der Waals surface area contributed by atoms with E-state index in [0.29, 0.717) is 6.07 Å². The highest BCUT2D eigenvalue weighted by Gasteiger charge is 2.18. The predicted octanol–water partition coefficient (Wildman–Crippen LogP) is 5.31. The SMILES string of the molecule is CSc1ccc(C(Br)c2cc(F)c(F)cc2F)cc1. The summed E-state index contributed by atoms with van der Waals surface area (Å²) in [6.07, 6.45) is 1.95. The molecule has 0 saturated carbocycles. The largest absolute Gasteiger partial charge is 0.207 e. The standard InChI is InChI=1S/C14H10BrF3S/c1-19-9-4-2-8(3-5-9)14(15)10-6-12(17)13(18)7-11(10)16/h2-7,14H,1H3. The first-order valence-corrected chi connectivity index (χ1v) is 7.59. The normalized spacial score (nSPS) is 12.5. The Morgan fingerprint density at radius 2 is 1.53 bits per heavy atom. The second-order valence-corrected chi connectivity index (χ2v) is 5.72. The zero-order valence-corrected chi connectivity index (χ0v) is 12.4. The molecule has 0 nitrogen and oxygen atoms in total. The van der Waals surface area contributed by atoms with Gasteiger partial charge in [-0.2, -0.15) is 0 Å². The Morgan fingerprint density at radius 1 is 0.947 bits per heavy atom. The summed E-state index contributed by atoms with van der Waals surface area (Å²) >= 11 is 4.91. The van der Waals surface area contributed by atoms with Crippen LogP contribution in [0.4, 0.5) is 13.2 Å². The van der Waals surface area contributed by atoms with Crippen molar-refractivity contribution in [2.24, 2.45) is 0 Å². The van der Waals surface area contributed by atoms with Gasteiger partial charge in [-0.3, -0.25) is 0 Å². The molecule has 0 radical (unpaired) electrons. The van der Waals surface area contributed by atoms with Crippen molar-refractivity contribution in [2.45, 2.75) is 9.72 Å². The Kier molecular flexibility index (Phi) is 4.58. The molecule has 2 aromatic rings. The van der Waals surface area contributed by atoms with Gasteiger partial charge in [0.1, 0.15) is 5.82 Å². The Morgan fingerprint density at radius 3 is 2.11 bits per heavy atom. The van der Waals surface area contributed by atoms with E-state index in [1.54, 1.807) is 11.8 Å². The minimum Gasteiger partial charge on any atom is -0.207 e. The van der Waals surface area contributed by atoms with Gasteiger partial charge in [0.15, 0.2) is 11.6 Å². The molecule has 0 spiro atoms. The van der Waals surface area contributed by atoms with Crippen LogP contribution in [-0.4, -0.2) is 6.26 Å². The molecule has 0 N–H and O–H groups in total. The van der Waals surface area contributed by atoms with E-state index in [-0.39, 0.29) is 5.56 Å². The number of thioether (sulfide) groups is 1. The van der Waals surface area contributed by atoms with Crippen LogP contribution in [0.15, 0.2) is 41.3 Å². The third-order valence-electron chi connectivity index (χ3n) is 2.72. The van der Waals surface area contributed by atoms with Crippen molar-refractivity contribution in [2.75, 3.05) is 6.26 Å². The van der Waals surface area contributed by atoms with Crippen LogP contribution < -0.4 is 0 Å². The maximum Gasteiger partial charge on any atom is 0.161 e. The van der Waals surface area contributed by atoms with Gasteiger partial charge in [0.25, 0.3) is 0 Å². The summed E-state index contributed by atoms with van der Waals surface area (Å²) in [7, 11) is 0. The lowest BCUT2D eigenvalue weighted by atomic mass is 10.0. The molecule has 0 saturated heterocycles. The van der Waals surface area contributed by atoms with Gasteiger partial charge in [-0.25, -0.2) is 13.2 Å². The van der Waals surface area contributed by atoms with Crippen LogP contribution in [0.25, 0.3) is 0 Å². The van der Waals surface area contributed by atoms with E-state index in [1.165, 1.54) is 0 Å². The van der Waals surface area contributed by atoms with Gasteiger partial charge in [0.2, 0.25) is 0 Å². The summed E-state index contributed by atoms with van der Waals surface area (Å²) in [6, 6.07) is 8.89. The highest BCUT2D eigenvalue weighted by atomic mass is 79.9. The van der Waals surface area contributed by atoms with Crippen molar-refractivity contribution in [3.8, 4) is 0 Å². The number of benzene rings is 2. The fourth-order valence-electron chi connectivity index (χ4n) is 1.68. The first-order valence-electron chi connectivity index (χ1n) is 5.45. The Bertz CT molecular complexity index is 584. The summed E-state index contributed by atoms with van der Waals surface area (Å²) in [4.78, 5) is 0.563. The van der Waals surface area contributed by atoms with Gasteiger partial charge >= 0.3 is 0 Å². The summed E-state index contributed by atoms with van der Waals surface area (Å²) in [6.45, 7) is 0. The topological polar surface area (TPSA) is 0 Å². The minimum atomic E-state index is -1.18. The van der Waals surface area contributed by atoms with Crippen LogP contribution in [-0.2, 0) is 0 Å². The Hall–Kier alpha value is -0.940. The number of rotatable bonds is 3. The highest BCUT2D eigenvalue weighted by Crippen LogP contribution is 2.34. The molecule has 0 aliphatic rings. The Labute approximate surface area is 122 Å². The smallest absolute Gasteiger partial charge is 0.161 e. The third kappa shape index (κ3) is 3.15. The van der Waals surface area contributed by atoms with Crippen molar-refractivity contribution < 1.29 is 13.2 Å². The van der Waals surface area contributed by atoms with Crippen LogP contribution >= 0.6 is 27.7 Å². The molecule has 2 aromatic carbocycles. The first-order chi connectivity index (χ1) is 9.02. The van der Waals surface area contributed by atoms with E-state index in [2.05, 4.69) is 15.9 Å². The zero-order valence-electron chi connectivity index (χ0n) is 9.96. The second-order valence-electron chi connectivity index (χ2n) is 3.92. The van der Waals surface area contributed by atoms with E-state index >= 15 is 0 Å². The molecular weight excluding hydrogens is 337 g/mol. The molecule has 0 fully saturated rings. The molecule has 1 atom stereocenters. The maximum absolute atomic E-state index is 13.7. The van der Waals surface area contributed by atoms with Crippen molar-refractivity contribution in [3.63, 3.8) is 0 Å². The highest BCUT2D eigenvalue weighted by molar-refractivity contribution is 9.09. The maximum atomic E-state index is 13.7.